The number of ether oxygens (including phenoxy) is 1. The van der Waals surface area contributed by atoms with Crippen LogP contribution in [0.15, 0.2) is 42.1 Å². The second-order valence-electron chi connectivity index (χ2n) is 6.93. The molecule has 1 aromatic heterocycles. The smallest absolute Gasteiger partial charge is 0.233 e. The van der Waals surface area contributed by atoms with Gasteiger partial charge in [0.15, 0.2) is 11.0 Å². The summed E-state index contributed by atoms with van der Waals surface area (Å²) in [7, 11) is 1.63. The van der Waals surface area contributed by atoms with Crippen molar-refractivity contribution in [2.75, 3.05) is 7.11 Å². The van der Waals surface area contributed by atoms with Gasteiger partial charge in [-0.15, -0.1) is 16.8 Å². The molecule has 1 amide bonds. The molecule has 6 nitrogen and oxygen atoms in total. The first-order valence-corrected chi connectivity index (χ1v) is 9.30. The molecule has 0 saturated carbocycles. The van der Waals surface area contributed by atoms with Gasteiger partial charge < -0.3 is 10.1 Å². The number of aromatic nitrogens is 3. The van der Waals surface area contributed by atoms with Gasteiger partial charge in [0.2, 0.25) is 5.91 Å². The molecule has 7 heteroatoms. The topological polar surface area (TPSA) is 69.0 Å². The summed E-state index contributed by atoms with van der Waals surface area (Å²) in [6.45, 7) is 12.1. The maximum atomic E-state index is 12.4. The Hall–Kier alpha value is -2.28. The highest BCUT2D eigenvalue weighted by atomic mass is 32.2. The lowest BCUT2D eigenvalue weighted by atomic mass is 10.1. The number of hydrogen-bond acceptors (Lipinski definition) is 5. The molecule has 26 heavy (non-hydrogen) atoms. The van der Waals surface area contributed by atoms with E-state index in [9.17, 15) is 4.79 Å². The number of allylic oxidation sites excluding steroid dienone is 1. The minimum atomic E-state index is -0.286. The summed E-state index contributed by atoms with van der Waals surface area (Å²) in [6.07, 6.45) is 1.79. The third-order valence-electron chi connectivity index (χ3n) is 3.53. The first-order chi connectivity index (χ1) is 12.2. The van der Waals surface area contributed by atoms with Crippen molar-refractivity contribution in [2.45, 2.75) is 50.2 Å². The monoisotopic (exact) mass is 374 g/mol. The van der Waals surface area contributed by atoms with Gasteiger partial charge in [-0.25, -0.2) is 0 Å². The van der Waals surface area contributed by atoms with Crippen molar-refractivity contribution < 1.29 is 9.53 Å². The Bertz CT molecular complexity index is 763. The molecule has 0 aliphatic carbocycles. The first-order valence-electron chi connectivity index (χ1n) is 8.42. The fourth-order valence-electron chi connectivity index (χ4n) is 2.31. The summed E-state index contributed by atoms with van der Waals surface area (Å²) in [5, 5.41) is 12.0. The molecule has 0 aliphatic heterocycles. The summed E-state index contributed by atoms with van der Waals surface area (Å²) in [5.41, 5.74) is 0.661. The van der Waals surface area contributed by atoms with Gasteiger partial charge in [0.25, 0.3) is 0 Å². The van der Waals surface area contributed by atoms with Crippen LogP contribution >= 0.6 is 11.8 Å². The zero-order valence-electron chi connectivity index (χ0n) is 15.9. The maximum Gasteiger partial charge on any atom is 0.233 e. The van der Waals surface area contributed by atoms with Crippen molar-refractivity contribution in [3.05, 3.63) is 36.9 Å². The van der Waals surface area contributed by atoms with Crippen LogP contribution in [0.4, 0.5) is 0 Å². The predicted molar refractivity (Wildman–Crippen MR) is 105 cm³/mol. The number of hydrogen-bond donors (Lipinski definition) is 1. The van der Waals surface area contributed by atoms with Gasteiger partial charge >= 0.3 is 0 Å². The summed E-state index contributed by atoms with van der Waals surface area (Å²) < 4.78 is 7.16. The Morgan fingerprint density at radius 3 is 2.54 bits per heavy atom. The Morgan fingerprint density at radius 1 is 1.35 bits per heavy atom. The van der Waals surface area contributed by atoms with Crippen LogP contribution in [-0.2, 0) is 11.3 Å². The highest BCUT2D eigenvalue weighted by Crippen LogP contribution is 2.28. The van der Waals surface area contributed by atoms with Gasteiger partial charge in [0.05, 0.1) is 12.4 Å². The molecule has 0 unspecified atom stereocenters. The fourth-order valence-corrected chi connectivity index (χ4v) is 3.16. The number of benzene rings is 1. The van der Waals surface area contributed by atoms with Gasteiger partial charge in [-0.1, -0.05) is 17.8 Å². The van der Waals surface area contributed by atoms with E-state index in [4.69, 9.17) is 4.74 Å². The Labute approximate surface area is 159 Å². The Balaban J connectivity index is 2.25. The van der Waals surface area contributed by atoms with E-state index in [1.807, 2.05) is 56.5 Å². The van der Waals surface area contributed by atoms with Crippen molar-refractivity contribution in [1.29, 1.82) is 0 Å². The van der Waals surface area contributed by atoms with E-state index in [1.165, 1.54) is 11.8 Å². The number of thioether (sulfide) groups is 1. The van der Waals surface area contributed by atoms with E-state index in [0.717, 1.165) is 17.1 Å². The van der Waals surface area contributed by atoms with Crippen molar-refractivity contribution in [2.24, 2.45) is 0 Å². The number of nitrogens with zero attached hydrogens (tertiary/aromatic N) is 3. The number of nitrogens with one attached hydrogen (secondary N) is 1. The molecule has 1 heterocycles. The largest absolute Gasteiger partial charge is 0.497 e. The minimum Gasteiger partial charge on any atom is -0.497 e. The van der Waals surface area contributed by atoms with E-state index in [-0.39, 0.29) is 16.7 Å². The van der Waals surface area contributed by atoms with E-state index < -0.39 is 0 Å². The molecule has 1 N–H and O–H groups in total. The van der Waals surface area contributed by atoms with Crippen LogP contribution in [-0.4, -0.2) is 38.6 Å². The normalized spacial score (nSPS) is 12.5. The molecule has 0 aliphatic rings. The number of carbonyl (C=O) groups is 1. The van der Waals surface area contributed by atoms with Crippen molar-refractivity contribution >= 4 is 17.7 Å². The second kappa shape index (κ2) is 8.40. The molecule has 0 spiro atoms. The summed E-state index contributed by atoms with van der Waals surface area (Å²) >= 11 is 1.39. The third-order valence-corrected chi connectivity index (χ3v) is 4.61. The summed E-state index contributed by atoms with van der Waals surface area (Å²) in [4.78, 5) is 12.4. The molecule has 2 aromatic rings. The molecule has 1 atom stereocenters. The van der Waals surface area contributed by atoms with Crippen LogP contribution in [0, 0.1) is 0 Å². The van der Waals surface area contributed by atoms with Gasteiger partial charge in [-0.3, -0.25) is 9.36 Å². The first kappa shape index (κ1) is 20.0. The standard InChI is InChI=1S/C19H26N4O2S/c1-7-12-23-16(14-8-10-15(25-6)11-9-14)21-22-18(23)26-13(2)17(24)20-19(3,4)5/h7-11,13H,1,12H2,2-6H3,(H,20,24)/t13-/m0/s1. The van der Waals surface area contributed by atoms with Gasteiger partial charge in [-0.05, 0) is 52.0 Å². The fraction of sp³-hybridized carbons (Fsp3) is 0.421. The minimum absolute atomic E-state index is 0.0262. The van der Waals surface area contributed by atoms with Gasteiger partial charge in [0, 0.05) is 17.6 Å². The maximum absolute atomic E-state index is 12.4. The van der Waals surface area contributed by atoms with Crippen LogP contribution in [0.1, 0.15) is 27.7 Å². The van der Waals surface area contributed by atoms with Crippen LogP contribution in [0.25, 0.3) is 11.4 Å². The third kappa shape index (κ3) is 5.11. The molecule has 0 radical (unpaired) electrons. The van der Waals surface area contributed by atoms with E-state index >= 15 is 0 Å². The second-order valence-corrected chi connectivity index (χ2v) is 8.24. The number of rotatable bonds is 7. The number of methoxy groups -OCH3 is 1. The molecule has 0 fully saturated rings. The molecule has 0 bridgehead atoms. The van der Waals surface area contributed by atoms with Crippen molar-refractivity contribution in [1.82, 2.24) is 20.1 Å². The molecule has 2 rings (SSSR count). The van der Waals surface area contributed by atoms with Gasteiger partial charge in [-0.2, -0.15) is 0 Å². The molecular formula is C19H26N4O2S. The van der Waals surface area contributed by atoms with Crippen LogP contribution in [0.3, 0.4) is 0 Å². The quantitative estimate of drug-likeness (QED) is 0.593. The Kier molecular flexibility index (Phi) is 6.47. The summed E-state index contributed by atoms with van der Waals surface area (Å²) in [5.74, 6) is 1.49. The molecular weight excluding hydrogens is 348 g/mol. The lowest BCUT2D eigenvalue weighted by molar-refractivity contribution is -0.121. The van der Waals surface area contributed by atoms with Gasteiger partial charge in [0.1, 0.15) is 5.75 Å². The SMILES string of the molecule is C=CCn1c(S[C@@H](C)C(=O)NC(C)(C)C)nnc1-c1ccc(OC)cc1. The van der Waals surface area contributed by atoms with Crippen molar-refractivity contribution in [3.8, 4) is 17.1 Å². The highest BCUT2D eigenvalue weighted by molar-refractivity contribution is 8.00. The average molecular weight is 375 g/mol. The summed E-state index contributed by atoms with van der Waals surface area (Å²) in [6, 6.07) is 7.64. The van der Waals surface area contributed by atoms with Crippen LogP contribution < -0.4 is 10.1 Å². The Morgan fingerprint density at radius 2 is 2.00 bits per heavy atom. The number of amides is 1. The average Bonchev–Trinajstić information content (AvgIpc) is 2.96. The van der Waals surface area contributed by atoms with E-state index in [0.29, 0.717) is 11.7 Å². The van der Waals surface area contributed by atoms with Crippen molar-refractivity contribution in [3.63, 3.8) is 0 Å². The predicted octanol–water partition coefficient (Wildman–Crippen LogP) is 3.54. The number of carbonyl (C=O) groups excluding carboxylic acids is 1. The molecule has 140 valence electrons. The zero-order chi connectivity index (χ0) is 19.3. The lowest BCUT2D eigenvalue weighted by Gasteiger charge is -2.22. The lowest BCUT2D eigenvalue weighted by Crippen LogP contribution is -2.44. The highest BCUT2D eigenvalue weighted by Gasteiger charge is 2.23. The zero-order valence-corrected chi connectivity index (χ0v) is 16.8. The van der Waals surface area contributed by atoms with E-state index in [1.54, 1.807) is 13.2 Å². The van der Waals surface area contributed by atoms with Crippen LogP contribution in [0.5, 0.6) is 5.75 Å². The molecule has 0 saturated heterocycles. The van der Waals surface area contributed by atoms with E-state index in [2.05, 4.69) is 22.1 Å². The molecule has 1 aromatic carbocycles. The van der Waals surface area contributed by atoms with Crippen LogP contribution in [0.2, 0.25) is 0 Å².